The van der Waals surface area contributed by atoms with Crippen molar-refractivity contribution in [1.82, 2.24) is 4.90 Å². The Bertz CT molecular complexity index is 739. The van der Waals surface area contributed by atoms with Crippen LogP contribution in [0.25, 0.3) is 11.0 Å². The Morgan fingerprint density at radius 3 is 2.86 bits per heavy atom. The van der Waals surface area contributed by atoms with E-state index in [1.54, 1.807) is 12.1 Å². The van der Waals surface area contributed by atoms with Crippen molar-refractivity contribution in [3.8, 4) is 0 Å². The summed E-state index contributed by atoms with van der Waals surface area (Å²) in [5.74, 6) is -0.823. The molecule has 1 fully saturated rings. The van der Waals surface area contributed by atoms with Gasteiger partial charge in [-0.1, -0.05) is 22.9 Å². The molecule has 1 N–H and O–H groups in total. The SMILES string of the molecule is CC1CCN(C(=O)c2cc3cc(Br)ccc3o2)C(C(=O)O)C1. The highest BCUT2D eigenvalue weighted by atomic mass is 79.9. The first-order valence-corrected chi connectivity index (χ1v) is 7.98. The number of aliphatic carboxylic acids is 1. The standard InChI is InChI=1S/C16H16BrNO4/c1-9-4-5-18(12(6-9)16(20)21)15(19)14-8-10-7-11(17)2-3-13(10)22-14/h2-3,7-9,12H,4-6H2,1H3,(H,20,21). The zero-order chi connectivity index (χ0) is 15.9. The molecule has 1 saturated heterocycles. The molecular weight excluding hydrogens is 350 g/mol. The summed E-state index contributed by atoms with van der Waals surface area (Å²) in [6.07, 6.45) is 1.29. The van der Waals surface area contributed by atoms with Crippen LogP contribution in [-0.4, -0.2) is 34.5 Å². The van der Waals surface area contributed by atoms with Crippen LogP contribution in [0.5, 0.6) is 0 Å². The lowest BCUT2D eigenvalue weighted by atomic mass is 9.92. The van der Waals surface area contributed by atoms with E-state index in [-0.39, 0.29) is 11.7 Å². The van der Waals surface area contributed by atoms with Gasteiger partial charge in [0.15, 0.2) is 5.76 Å². The number of fused-ring (bicyclic) bond motifs is 1. The molecule has 2 atom stereocenters. The van der Waals surface area contributed by atoms with E-state index < -0.39 is 12.0 Å². The maximum atomic E-state index is 12.6. The van der Waals surface area contributed by atoms with Crippen molar-refractivity contribution >= 4 is 38.8 Å². The van der Waals surface area contributed by atoms with Gasteiger partial charge >= 0.3 is 5.97 Å². The van der Waals surface area contributed by atoms with Crippen molar-refractivity contribution in [2.24, 2.45) is 5.92 Å². The first-order chi connectivity index (χ1) is 10.5. The maximum Gasteiger partial charge on any atom is 0.326 e. The fourth-order valence-electron chi connectivity index (χ4n) is 2.88. The van der Waals surface area contributed by atoms with Crippen molar-refractivity contribution in [3.05, 3.63) is 34.5 Å². The van der Waals surface area contributed by atoms with Crippen LogP contribution in [0, 0.1) is 5.92 Å². The number of furan rings is 1. The van der Waals surface area contributed by atoms with Crippen molar-refractivity contribution in [2.75, 3.05) is 6.54 Å². The van der Waals surface area contributed by atoms with Gasteiger partial charge in [-0.25, -0.2) is 4.79 Å². The normalized spacial score (nSPS) is 22.0. The predicted molar refractivity (Wildman–Crippen MR) is 84.8 cm³/mol. The molecule has 1 aliphatic heterocycles. The van der Waals surface area contributed by atoms with Crippen LogP contribution in [0.3, 0.4) is 0 Å². The Morgan fingerprint density at radius 1 is 1.36 bits per heavy atom. The summed E-state index contributed by atoms with van der Waals surface area (Å²) in [5.41, 5.74) is 0.615. The third-order valence-electron chi connectivity index (χ3n) is 4.10. The number of halogens is 1. The second-order valence-corrected chi connectivity index (χ2v) is 6.69. The van der Waals surface area contributed by atoms with Crippen molar-refractivity contribution < 1.29 is 19.1 Å². The fraction of sp³-hybridized carbons (Fsp3) is 0.375. The topological polar surface area (TPSA) is 70.8 Å². The first-order valence-electron chi connectivity index (χ1n) is 7.18. The molecule has 116 valence electrons. The zero-order valence-electron chi connectivity index (χ0n) is 12.1. The monoisotopic (exact) mass is 365 g/mol. The van der Waals surface area contributed by atoms with Crippen molar-refractivity contribution in [2.45, 2.75) is 25.8 Å². The summed E-state index contributed by atoms with van der Waals surface area (Å²) in [6.45, 7) is 2.45. The van der Waals surface area contributed by atoms with Crippen LogP contribution in [-0.2, 0) is 4.79 Å². The molecule has 3 rings (SSSR count). The number of benzene rings is 1. The molecule has 0 bridgehead atoms. The van der Waals surface area contributed by atoms with E-state index in [1.165, 1.54) is 4.90 Å². The second-order valence-electron chi connectivity index (χ2n) is 5.77. The number of carbonyl (C=O) groups is 2. The zero-order valence-corrected chi connectivity index (χ0v) is 13.7. The number of carbonyl (C=O) groups excluding carboxylic acids is 1. The molecule has 0 radical (unpaired) electrons. The number of hydrogen-bond donors (Lipinski definition) is 1. The largest absolute Gasteiger partial charge is 0.480 e. The number of rotatable bonds is 2. The van der Waals surface area contributed by atoms with E-state index in [9.17, 15) is 14.7 Å². The summed E-state index contributed by atoms with van der Waals surface area (Å²) in [7, 11) is 0. The van der Waals surface area contributed by atoms with Crippen LogP contribution >= 0.6 is 15.9 Å². The molecule has 1 aromatic carbocycles. The highest BCUT2D eigenvalue weighted by Crippen LogP contribution is 2.28. The van der Waals surface area contributed by atoms with Gasteiger partial charge in [-0.3, -0.25) is 4.79 Å². The van der Waals surface area contributed by atoms with Gasteiger partial charge in [0.1, 0.15) is 11.6 Å². The lowest BCUT2D eigenvalue weighted by Crippen LogP contribution is -2.49. The maximum absolute atomic E-state index is 12.6. The van der Waals surface area contributed by atoms with Gasteiger partial charge in [0.25, 0.3) is 5.91 Å². The molecule has 0 saturated carbocycles. The van der Waals surface area contributed by atoms with E-state index in [1.807, 2.05) is 19.1 Å². The number of hydrogen-bond acceptors (Lipinski definition) is 3. The smallest absolute Gasteiger partial charge is 0.326 e. The molecule has 2 heterocycles. The average molecular weight is 366 g/mol. The Balaban J connectivity index is 1.92. The summed E-state index contributed by atoms with van der Waals surface area (Å²) >= 11 is 3.38. The number of likely N-dealkylation sites (tertiary alicyclic amines) is 1. The quantitative estimate of drug-likeness (QED) is 0.883. The Labute approximate surface area is 136 Å². The molecule has 5 nitrogen and oxygen atoms in total. The Hall–Kier alpha value is -1.82. The molecular formula is C16H16BrNO4. The summed E-state index contributed by atoms with van der Waals surface area (Å²) in [5, 5.41) is 10.2. The fourth-order valence-corrected chi connectivity index (χ4v) is 3.26. The third kappa shape index (κ3) is 2.75. The highest BCUT2D eigenvalue weighted by Gasteiger charge is 2.36. The Kier molecular flexibility index (Phi) is 3.95. The van der Waals surface area contributed by atoms with Gasteiger partial charge < -0.3 is 14.4 Å². The number of amides is 1. The van der Waals surface area contributed by atoms with Crippen LogP contribution in [0.1, 0.15) is 30.3 Å². The van der Waals surface area contributed by atoms with Gasteiger partial charge in [-0.2, -0.15) is 0 Å². The number of carboxylic acid groups (broad SMARTS) is 1. The van der Waals surface area contributed by atoms with E-state index in [4.69, 9.17) is 4.42 Å². The molecule has 1 amide bonds. The van der Waals surface area contributed by atoms with Gasteiger partial charge in [0.2, 0.25) is 0 Å². The van der Waals surface area contributed by atoms with Gasteiger partial charge in [-0.05, 0) is 43.0 Å². The summed E-state index contributed by atoms with van der Waals surface area (Å²) < 4.78 is 6.49. The van der Waals surface area contributed by atoms with Crippen LogP contribution in [0.4, 0.5) is 0 Å². The predicted octanol–water partition coefficient (Wildman–Crippen LogP) is 3.52. The number of carboxylic acids is 1. The molecule has 0 aliphatic carbocycles. The van der Waals surface area contributed by atoms with Gasteiger partial charge in [-0.15, -0.1) is 0 Å². The van der Waals surface area contributed by atoms with Crippen molar-refractivity contribution in [1.29, 1.82) is 0 Å². The lowest BCUT2D eigenvalue weighted by molar-refractivity contribution is -0.144. The molecule has 22 heavy (non-hydrogen) atoms. The van der Waals surface area contributed by atoms with Gasteiger partial charge in [0.05, 0.1) is 0 Å². The van der Waals surface area contributed by atoms with E-state index in [0.29, 0.717) is 24.5 Å². The van der Waals surface area contributed by atoms with Crippen LogP contribution in [0.15, 0.2) is 33.2 Å². The summed E-state index contributed by atoms with van der Waals surface area (Å²) in [6, 6.07) is 6.37. The molecule has 2 unspecified atom stereocenters. The van der Waals surface area contributed by atoms with Gasteiger partial charge in [0, 0.05) is 16.4 Å². The molecule has 2 aromatic rings. The molecule has 6 heteroatoms. The second kappa shape index (κ2) is 5.76. The van der Waals surface area contributed by atoms with E-state index >= 15 is 0 Å². The van der Waals surface area contributed by atoms with E-state index in [0.717, 1.165) is 16.3 Å². The highest BCUT2D eigenvalue weighted by molar-refractivity contribution is 9.10. The molecule has 1 aliphatic rings. The van der Waals surface area contributed by atoms with Crippen LogP contribution in [0.2, 0.25) is 0 Å². The molecule has 0 spiro atoms. The molecule has 1 aromatic heterocycles. The average Bonchev–Trinajstić information content (AvgIpc) is 2.89. The first kappa shape index (κ1) is 15.1. The number of nitrogens with zero attached hydrogens (tertiary/aromatic N) is 1. The lowest BCUT2D eigenvalue weighted by Gasteiger charge is -2.35. The Morgan fingerprint density at radius 2 is 2.14 bits per heavy atom. The minimum Gasteiger partial charge on any atom is -0.480 e. The number of piperidine rings is 1. The summed E-state index contributed by atoms with van der Waals surface area (Å²) in [4.78, 5) is 25.5. The minimum atomic E-state index is -0.959. The van der Waals surface area contributed by atoms with Crippen molar-refractivity contribution in [3.63, 3.8) is 0 Å². The third-order valence-corrected chi connectivity index (χ3v) is 4.59. The van der Waals surface area contributed by atoms with E-state index in [2.05, 4.69) is 15.9 Å². The minimum absolute atomic E-state index is 0.189. The van der Waals surface area contributed by atoms with Crippen LogP contribution < -0.4 is 0 Å².